The van der Waals surface area contributed by atoms with Gasteiger partial charge in [0, 0.05) is 41.0 Å². The van der Waals surface area contributed by atoms with E-state index in [1.54, 1.807) is 0 Å². The van der Waals surface area contributed by atoms with E-state index in [1.807, 2.05) is 24.3 Å². The number of halogens is 2. The van der Waals surface area contributed by atoms with Crippen molar-refractivity contribution in [3.8, 4) is 0 Å². The van der Waals surface area contributed by atoms with E-state index in [-0.39, 0.29) is 11.5 Å². The molecule has 1 heterocycles. The monoisotopic (exact) mass is 386 g/mol. The quantitative estimate of drug-likeness (QED) is 0.692. The van der Waals surface area contributed by atoms with Gasteiger partial charge < -0.3 is 10.2 Å². The molecule has 3 nitrogen and oxygen atoms in total. The van der Waals surface area contributed by atoms with Crippen LogP contribution in [0, 0.1) is 5.41 Å². The molecule has 0 aliphatic carbocycles. The van der Waals surface area contributed by atoms with Gasteiger partial charge in [0.2, 0.25) is 0 Å². The first-order valence-electron chi connectivity index (χ1n) is 9.83. The number of nitrogens with zero attached hydrogens (tertiary/aromatic N) is 1. The summed E-state index contributed by atoms with van der Waals surface area (Å²) in [7, 11) is 0. The zero-order valence-electron chi connectivity index (χ0n) is 16.8. The Kier molecular flexibility index (Phi) is 5.73. The maximum atomic E-state index is 14.4. The van der Waals surface area contributed by atoms with Crippen LogP contribution in [0.2, 0.25) is 0 Å². The average Bonchev–Trinajstić information content (AvgIpc) is 2.68. The van der Waals surface area contributed by atoms with Gasteiger partial charge in [-0.15, -0.1) is 0 Å². The molecule has 1 fully saturated rings. The van der Waals surface area contributed by atoms with Gasteiger partial charge in [0.15, 0.2) is 0 Å². The number of nitrogens with one attached hydrogen (secondary N) is 1. The van der Waals surface area contributed by atoms with Crippen molar-refractivity contribution >= 4 is 17.3 Å². The van der Waals surface area contributed by atoms with E-state index in [9.17, 15) is 13.6 Å². The summed E-state index contributed by atoms with van der Waals surface area (Å²) in [6.07, 6.45) is 3.70. The molecule has 2 aromatic carbocycles. The summed E-state index contributed by atoms with van der Waals surface area (Å²) in [4.78, 5) is 14.8. The SMILES string of the molecule is CC(C)(C)C(F)(F)c1ccc(C(=O)Nc2ccc(N3CCCCC3)cc2)cc1. The Morgan fingerprint density at radius 1 is 0.893 bits per heavy atom. The second kappa shape index (κ2) is 7.90. The number of carbonyl (C=O) groups is 1. The Bertz CT molecular complexity index is 802. The van der Waals surface area contributed by atoms with Crippen molar-refractivity contribution in [1.82, 2.24) is 0 Å². The molecule has 0 bridgehead atoms. The maximum absolute atomic E-state index is 14.4. The van der Waals surface area contributed by atoms with Gasteiger partial charge in [-0.3, -0.25) is 4.79 Å². The molecule has 1 aliphatic heterocycles. The molecule has 150 valence electrons. The lowest BCUT2D eigenvalue weighted by atomic mass is 9.83. The predicted molar refractivity (Wildman–Crippen MR) is 110 cm³/mol. The highest BCUT2D eigenvalue weighted by molar-refractivity contribution is 6.04. The molecule has 0 atom stereocenters. The molecule has 0 aromatic heterocycles. The second-order valence-corrected chi connectivity index (χ2v) is 8.45. The normalized spacial score (nSPS) is 15.4. The highest BCUT2D eigenvalue weighted by atomic mass is 19.3. The van der Waals surface area contributed by atoms with E-state index in [4.69, 9.17) is 0 Å². The molecule has 0 saturated carbocycles. The van der Waals surface area contributed by atoms with Gasteiger partial charge in [0.25, 0.3) is 11.8 Å². The van der Waals surface area contributed by atoms with Gasteiger partial charge in [-0.05, 0) is 55.7 Å². The zero-order valence-corrected chi connectivity index (χ0v) is 16.8. The van der Waals surface area contributed by atoms with Crippen LogP contribution in [-0.4, -0.2) is 19.0 Å². The highest BCUT2D eigenvalue weighted by Crippen LogP contribution is 2.44. The van der Waals surface area contributed by atoms with Gasteiger partial charge in [0.1, 0.15) is 0 Å². The average molecular weight is 386 g/mol. The third-order valence-corrected chi connectivity index (χ3v) is 5.30. The van der Waals surface area contributed by atoms with Crippen molar-refractivity contribution in [3.63, 3.8) is 0 Å². The third kappa shape index (κ3) is 4.34. The van der Waals surface area contributed by atoms with Gasteiger partial charge in [0.05, 0.1) is 0 Å². The number of rotatable bonds is 4. The van der Waals surface area contributed by atoms with Crippen molar-refractivity contribution in [2.24, 2.45) is 5.41 Å². The molecule has 0 radical (unpaired) electrons. The number of anilines is 2. The number of carbonyl (C=O) groups excluding carboxylic acids is 1. The minimum atomic E-state index is -2.97. The largest absolute Gasteiger partial charge is 0.372 e. The lowest BCUT2D eigenvalue weighted by Crippen LogP contribution is -2.31. The Balaban J connectivity index is 1.66. The molecule has 1 aliphatic rings. The summed E-state index contributed by atoms with van der Waals surface area (Å²) in [5, 5.41) is 2.83. The second-order valence-electron chi connectivity index (χ2n) is 8.45. The van der Waals surface area contributed by atoms with Crippen LogP contribution in [-0.2, 0) is 5.92 Å². The van der Waals surface area contributed by atoms with Crippen LogP contribution in [0.3, 0.4) is 0 Å². The van der Waals surface area contributed by atoms with Crippen LogP contribution in [0.1, 0.15) is 56.0 Å². The molecule has 28 heavy (non-hydrogen) atoms. The summed E-state index contributed by atoms with van der Waals surface area (Å²) >= 11 is 0. The number of alkyl halides is 2. The Hall–Kier alpha value is -2.43. The third-order valence-electron chi connectivity index (χ3n) is 5.30. The maximum Gasteiger partial charge on any atom is 0.277 e. The number of piperidine rings is 1. The van der Waals surface area contributed by atoms with E-state index in [1.165, 1.54) is 64.3 Å². The van der Waals surface area contributed by atoms with E-state index in [0.717, 1.165) is 18.8 Å². The van der Waals surface area contributed by atoms with Crippen LogP contribution in [0.15, 0.2) is 48.5 Å². The van der Waals surface area contributed by atoms with E-state index < -0.39 is 11.3 Å². The standard InChI is InChI=1S/C23H28F2N2O/c1-22(2,3)23(24,25)18-9-7-17(8-10-18)21(28)26-19-11-13-20(14-12-19)27-15-5-4-6-16-27/h7-14H,4-6,15-16H2,1-3H3,(H,26,28). The van der Waals surface area contributed by atoms with E-state index in [2.05, 4.69) is 10.2 Å². The molecule has 1 saturated heterocycles. The fourth-order valence-electron chi connectivity index (χ4n) is 3.37. The summed E-state index contributed by atoms with van der Waals surface area (Å²) < 4.78 is 28.9. The van der Waals surface area contributed by atoms with E-state index >= 15 is 0 Å². The van der Waals surface area contributed by atoms with E-state index in [0.29, 0.717) is 11.3 Å². The summed E-state index contributed by atoms with van der Waals surface area (Å²) in [5.41, 5.74) is 0.935. The molecular formula is C23H28F2N2O. The zero-order chi connectivity index (χ0) is 20.4. The number of benzene rings is 2. The lowest BCUT2D eigenvalue weighted by molar-refractivity contribution is -0.104. The van der Waals surface area contributed by atoms with Crippen molar-refractivity contribution in [2.75, 3.05) is 23.3 Å². The molecule has 3 rings (SSSR count). The number of hydrogen-bond acceptors (Lipinski definition) is 2. The first-order chi connectivity index (χ1) is 13.2. The summed E-state index contributed by atoms with van der Waals surface area (Å²) in [6.45, 7) is 6.64. The van der Waals surface area contributed by atoms with Gasteiger partial charge in [-0.25, -0.2) is 8.78 Å². The summed E-state index contributed by atoms with van der Waals surface area (Å²) in [6, 6.07) is 13.3. The molecule has 1 amide bonds. The smallest absolute Gasteiger partial charge is 0.277 e. The van der Waals surface area contributed by atoms with Crippen molar-refractivity contribution in [2.45, 2.75) is 46.0 Å². The van der Waals surface area contributed by atoms with Crippen molar-refractivity contribution in [1.29, 1.82) is 0 Å². The molecule has 2 aromatic rings. The Morgan fingerprint density at radius 3 is 2.00 bits per heavy atom. The van der Waals surface area contributed by atoms with Crippen LogP contribution in [0.4, 0.5) is 20.2 Å². The van der Waals surface area contributed by atoms with Crippen LogP contribution in [0.5, 0.6) is 0 Å². The molecule has 1 N–H and O–H groups in total. The molecule has 0 spiro atoms. The lowest BCUT2D eigenvalue weighted by Gasteiger charge is -2.30. The minimum absolute atomic E-state index is 0.0811. The first kappa shape index (κ1) is 20.3. The number of amides is 1. The summed E-state index contributed by atoms with van der Waals surface area (Å²) in [5.74, 6) is -3.27. The van der Waals surface area contributed by atoms with Crippen molar-refractivity contribution in [3.05, 3.63) is 59.7 Å². The Labute approximate surface area is 165 Å². The van der Waals surface area contributed by atoms with Gasteiger partial charge in [-0.2, -0.15) is 0 Å². The van der Waals surface area contributed by atoms with Gasteiger partial charge >= 0.3 is 0 Å². The predicted octanol–water partition coefficient (Wildman–Crippen LogP) is 6.07. The van der Waals surface area contributed by atoms with Crippen LogP contribution in [0.25, 0.3) is 0 Å². The number of hydrogen-bond donors (Lipinski definition) is 1. The first-order valence-corrected chi connectivity index (χ1v) is 9.83. The molecule has 0 unspecified atom stereocenters. The fourth-order valence-corrected chi connectivity index (χ4v) is 3.37. The Morgan fingerprint density at radius 2 is 1.46 bits per heavy atom. The molecular weight excluding hydrogens is 358 g/mol. The minimum Gasteiger partial charge on any atom is -0.372 e. The highest BCUT2D eigenvalue weighted by Gasteiger charge is 2.44. The van der Waals surface area contributed by atoms with Gasteiger partial charge in [-0.1, -0.05) is 32.9 Å². The van der Waals surface area contributed by atoms with Crippen molar-refractivity contribution < 1.29 is 13.6 Å². The topological polar surface area (TPSA) is 32.3 Å². The fraction of sp³-hybridized carbons (Fsp3) is 0.435. The molecule has 5 heteroatoms. The van der Waals surface area contributed by atoms with Crippen LogP contribution < -0.4 is 10.2 Å². The van der Waals surface area contributed by atoms with Crippen LogP contribution >= 0.6 is 0 Å².